The van der Waals surface area contributed by atoms with E-state index in [-0.39, 0.29) is 0 Å². The predicted octanol–water partition coefficient (Wildman–Crippen LogP) is 12.6. The molecule has 0 aliphatic heterocycles. The van der Waals surface area contributed by atoms with Crippen LogP contribution in [0.1, 0.15) is 0 Å². The number of H-pyrrole nitrogens is 1. The Kier molecular flexibility index (Phi) is 5.19. The number of nitrogens with one attached hydrogen (secondary N) is 1. The monoisotopic (exact) mass is 591 g/mol. The molecule has 210 valence electrons. The van der Waals surface area contributed by atoms with E-state index in [4.69, 9.17) is 4.42 Å². The van der Waals surface area contributed by atoms with Gasteiger partial charge in [-0.15, -0.1) is 11.3 Å². The minimum Gasteiger partial charge on any atom is -0.456 e. The third-order valence-electron chi connectivity index (χ3n) is 9.23. The van der Waals surface area contributed by atoms with Crippen molar-refractivity contribution in [1.82, 2.24) is 4.98 Å². The van der Waals surface area contributed by atoms with Crippen LogP contribution in [-0.2, 0) is 0 Å². The molecule has 7 aromatic carbocycles. The number of para-hydroxylation sites is 2. The lowest BCUT2D eigenvalue weighted by Crippen LogP contribution is -1.83. The molecular formula is C42H25NOS. The first kappa shape index (κ1) is 24.8. The molecule has 10 rings (SSSR count). The van der Waals surface area contributed by atoms with Crippen LogP contribution in [-0.4, -0.2) is 4.98 Å². The first-order chi connectivity index (χ1) is 22.3. The Morgan fingerprint density at radius 1 is 0.422 bits per heavy atom. The van der Waals surface area contributed by atoms with E-state index in [1.807, 2.05) is 23.5 Å². The Morgan fingerprint density at radius 3 is 2.04 bits per heavy atom. The molecule has 0 spiro atoms. The van der Waals surface area contributed by atoms with E-state index >= 15 is 0 Å². The molecule has 3 heteroatoms. The molecule has 0 amide bonds. The number of rotatable bonds is 3. The van der Waals surface area contributed by atoms with Crippen molar-refractivity contribution in [3.8, 4) is 33.4 Å². The van der Waals surface area contributed by atoms with Gasteiger partial charge >= 0.3 is 0 Å². The van der Waals surface area contributed by atoms with Crippen molar-refractivity contribution in [3.63, 3.8) is 0 Å². The number of aromatic amines is 1. The van der Waals surface area contributed by atoms with Crippen LogP contribution in [0.25, 0.3) is 97.3 Å². The quantitative estimate of drug-likeness (QED) is 0.218. The van der Waals surface area contributed by atoms with Crippen molar-refractivity contribution in [3.05, 3.63) is 146 Å². The highest BCUT2D eigenvalue weighted by molar-refractivity contribution is 7.26. The van der Waals surface area contributed by atoms with Crippen LogP contribution in [0.5, 0.6) is 0 Å². The fraction of sp³-hybridized carbons (Fsp3) is 0. The molecule has 0 atom stereocenters. The van der Waals surface area contributed by atoms with Gasteiger partial charge in [0, 0.05) is 52.8 Å². The Labute approximate surface area is 262 Å². The second kappa shape index (κ2) is 9.43. The summed E-state index contributed by atoms with van der Waals surface area (Å²) in [5.74, 6) is 0. The first-order valence-electron chi connectivity index (χ1n) is 15.3. The topological polar surface area (TPSA) is 28.9 Å². The standard InChI is InChI=1S/C42H25NOS/c1-3-16-38-31(10-1)32-20-18-26(24-39(32)44-38)25-19-21-37-36(23-25)34-14-6-12-29(41(34)43-37)27-8-5-9-28(22-27)30-13-7-15-35-33-11-2-4-17-40(33)45-42(30)35/h1-24,43H. The van der Waals surface area contributed by atoms with Crippen LogP contribution < -0.4 is 0 Å². The summed E-state index contributed by atoms with van der Waals surface area (Å²) in [6, 6.07) is 52.5. The van der Waals surface area contributed by atoms with Gasteiger partial charge in [0.05, 0.1) is 5.52 Å². The summed E-state index contributed by atoms with van der Waals surface area (Å²) in [5.41, 5.74) is 11.4. The van der Waals surface area contributed by atoms with Crippen molar-refractivity contribution in [2.24, 2.45) is 0 Å². The number of fused-ring (bicyclic) bond motifs is 9. The summed E-state index contributed by atoms with van der Waals surface area (Å²) >= 11 is 1.88. The number of aromatic nitrogens is 1. The van der Waals surface area contributed by atoms with Gasteiger partial charge in [-0.05, 0) is 70.3 Å². The molecule has 0 fully saturated rings. The van der Waals surface area contributed by atoms with Crippen molar-refractivity contribution < 1.29 is 4.42 Å². The largest absolute Gasteiger partial charge is 0.456 e. The molecule has 1 N–H and O–H groups in total. The minimum absolute atomic E-state index is 0.918. The fourth-order valence-corrected chi connectivity index (χ4v) is 8.31. The summed E-state index contributed by atoms with van der Waals surface area (Å²) in [7, 11) is 0. The summed E-state index contributed by atoms with van der Waals surface area (Å²) in [6.07, 6.45) is 0. The normalized spacial score (nSPS) is 12.0. The van der Waals surface area contributed by atoms with E-state index in [1.54, 1.807) is 0 Å². The zero-order valence-corrected chi connectivity index (χ0v) is 25.0. The molecule has 2 nitrogen and oxygen atoms in total. The van der Waals surface area contributed by atoms with Crippen molar-refractivity contribution in [1.29, 1.82) is 0 Å². The van der Waals surface area contributed by atoms with E-state index in [2.05, 4.69) is 138 Å². The van der Waals surface area contributed by atoms with Crippen LogP contribution in [0, 0.1) is 0 Å². The van der Waals surface area contributed by atoms with Crippen LogP contribution in [0.2, 0.25) is 0 Å². The van der Waals surface area contributed by atoms with Crippen LogP contribution >= 0.6 is 11.3 Å². The first-order valence-corrected chi connectivity index (χ1v) is 16.1. The van der Waals surface area contributed by atoms with E-state index in [9.17, 15) is 0 Å². The smallest absolute Gasteiger partial charge is 0.136 e. The second-order valence-corrected chi connectivity index (χ2v) is 12.8. The Morgan fingerprint density at radius 2 is 1.11 bits per heavy atom. The van der Waals surface area contributed by atoms with Crippen molar-refractivity contribution >= 4 is 75.3 Å². The molecule has 45 heavy (non-hydrogen) atoms. The third kappa shape index (κ3) is 3.75. The Hall–Kier alpha value is -5.64. The predicted molar refractivity (Wildman–Crippen MR) is 192 cm³/mol. The average Bonchev–Trinajstić information content (AvgIpc) is 3.78. The Bertz CT molecular complexity index is 2770. The summed E-state index contributed by atoms with van der Waals surface area (Å²) in [5, 5.41) is 7.41. The van der Waals surface area contributed by atoms with Crippen molar-refractivity contribution in [2.45, 2.75) is 0 Å². The third-order valence-corrected chi connectivity index (χ3v) is 10.5. The van der Waals surface area contributed by atoms with Crippen molar-refractivity contribution in [2.75, 3.05) is 0 Å². The maximum absolute atomic E-state index is 6.20. The van der Waals surface area contributed by atoms with Crippen LogP contribution in [0.4, 0.5) is 0 Å². The average molecular weight is 592 g/mol. The van der Waals surface area contributed by atoms with E-state index in [1.165, 1.54) is 58.8 Å². The second-order valence-electron chi connectivity index (χ2n) is 11.8. The van der Waals surface area contributed by atoms with Gasteiger partial charge in [0.15, 0.2) is 0 Å². The van der Waals surface area contributed by atoms with Gasteiger partial charge in [0.2, 0.25) is 0 Å². The summed E-state index contributed by atoms with van der Waals surface area (Å²) in [4.78, 5) is 3.76. The molecule has 3 aromatic heterocycles. The molecular weight excluding hydrogens is 567 g/mol. The van der Waals surface area contributed by atoms with Crippen LogP contribution in [0.15, 0.2) is 150 Å². The lowest BCUT2D eigenvalue weighted by atomic mass is 9.96. The Balaban J connectivity index is 1.09. The van der Waals surface area contributed by atoms with Gasteiger partial charge in [-0.3, -0.25) is 0 Å². The molecule has 3 heterocycles. The minimum atomic E-state index is 0.918. The molecule has 0 aliphatic rings. The number of thiophene rings is 1. The summed E-state index contributed by atoms with van der Waals surface area (Å²) < 4.78 is 8.87. The van der Waals surface area contributed by atoms with Gasteiger partial charge in [0.25, 0.3) is 0 Å². The maximum atomic E-state index is 6.20. The van der Waals surface area contributed by atoms with E-state index in [0.29, 0.717) is 0 Å². The molecule has 0 saturated carbocycles. The van der Waals surface area contributed by atoms with Gasteiger partial charge in [-0.1, -0.05) is 103 Å². The zero-order chi connectivity index (χ0) is 29.5. The molecule has 10 aromatic rings. The molecule has 0 saturated heterocycles. The number of furan rings is 1. The fourth-order valence-electron chi connectivity index (χ4n) is 7.08. The highest BCUT2D eigenvalue weighted by atomic mass is 32.1. The van der Waals surface area contributed by atoms with E-state index < -0.39 is 0 Å². The lowest BCUT2D eigenvalue weighted by molar-refractivity contribution is 0.669. The molecule has 0 unspecified atom stereocenters. The number of hydrogen-bond acceptors (Lipinski definition) is 2. The highest BCUT2D eigenvalue weighted by Crippen LogP contribution is 2.42. The summed E-state index contributed by atoms with van der Waals surface area (Å²) in [6.45, 7) is 0. The SMILES string of the molecule is c1cc(-c2cccc3c2[nH]c2ccc(-c4ccc5c(c4)oc4ccccc45)cc23)cc(-c2cccc3c2sc2ccccc23)c1. The number of benzene rings is 7. The number of hydrogen-bond donors (Lipinski definition) is 1. The highest BCUT2D eigenvalue weighted by Gasteiger charge is 2.15. The maximum Gasteiger partial charge on any atom is 0.136 e. The lowest BCUT2D eigenvalue weighted by Gasteiger charge is -2.08. The van der Waals surface area contributed by atoms with Gasteiger partial charge in [0.1, 0.15) is 11.2 Å². The molecule has 0 bridgehead atoms. The zero-order valence-electron chi connectivity index (χ0n) is 24.2. The van der Waals surface area contributed by atoms with Gasteiger partial charge < -0.3 is 9.40 Å². The van der Waals surface area contributed by atoms with Crippen LogP contribution in [0.3, 0.4) is 0 Å². The molecule has 0 aliphatic carbocycles. The van der Waals surface area contributed by atoms with Gasteiger partial charge in [-0.25, -0.2) is 0 Å². The van der Waals surface area contributed by atoms with Gasteiger partial charge in [-0.2, -0.15) is 0 Å². The molecule has 0 radical (unpaired) electrons. The van der Waals surface area contributed by atoms with E-state index in [0.717, 1.165) is 38.5 Å².